The molecule has 0 spiro atoms. The molecule has 3 rings (SSSR count). The highest BCUT2D eigenvalue weighted by Gasteiger charge is 2.08. The Hall–Kier alpha value is -3.15. The molecule has 0 saturated carbocycles. The number of amides is 1. The fourth-order valence-electron chi connectivity index (χ4n) is 1.87. The van der Waals surface area contributed by atoms with Gasteiger partial charge in [-0.15, -0.1) is 0 Å². The zero-order valence-electron chi connectivity index (χ0n) is 11.0. The minimum atomic E-state index is -0.494. The van der Waals surface area contributed by atoms with Gasteiger partial charge in [-0.3, -0.25) is 4.79 Å². The molecule has 0 aliphatic rings. The number of hydrogen-bond donors (Lipinski definition) is 2. The number of para-hydroxylation sites is 2. The van der Waals surface area contributed by atoms with Crippen molar-refractivity contribution in [1.82, 2.24) is 9.97 Å². The van der Waals surface area contributed by atoms with Crippen LogP contribution in [0.2, 0.25) is 0 Å². The van der Waals surface area contributed by atoms with Gasteiger partial charge in [0.15, 0.2) is 5.82 Å². The third kappa shape index (κ3) is 2.59. The van der Waals surface area contributed by atoms with Gasteiger partial charge in [-0.25, -0.2) is 9.97 Å². The number of aromatic nitrogens is 2. The van der Waals surface area contributed by atoms with Crippen molar-refractivity contribution in [3.63, 3.8) is 0 Å². The van der Waals surface area contributed by atoms with E-state index in [4.69, 9.17) is 16.2 Å². The van der Waals surface area contributed by atoms with Crippen LogP contribution in [0.1, 0.15) is 10.4 Å². The van der Waals surface area contributed by atoms with Gasteiger partial charge in [0.2, 0.25) is 5.91 Å². The lowest BCUT2D eigenvalue weighted by Crippen LogP contribution is -2.10. The molecule has 2 aromatic carbocycles. The second kappa shape index (κ2) is 5.09. The lowest BCUT2D eigenvalue weighted by molar-refractivity contribution is 0.100. The van der Waals surface area contributed by atoms with Crippen LogP contribution < -0.4 is 16.2 Å². The summed E-state index contributed by atoms with van der Waals surface area (Å²) in [5.74, 6) is 0.427. The molecule has 3 aromatic rings. The van der Waals surface area contributed by atoms with Crippen molar-refractivity contribution in [1.29, 1.82) is 0 Å². The maximum absolute atomic E-state index is 11.0. The summed E-state index contributed by atoms with van der Waals surface area (Å²) in [4.78, 5) is 19.6. The summed E-state index contributed by atoms with van der Waals surface area (Å²) in [6, 6.07) is 13.8. The Labute approximate surface area is 120 Å². The lowest BCUT2D eigenvalue weighted by Gasteiger charge is -2.08. The highest BCUT2D eigenvalue weighted by Crippen LogP contribution is 2.26. The SMILES string of the molecule is NC(=O)c1ccc(Oc2nc3ccccc3nc2N)cc1. The van der Waals surface area contributed by atoms with E-state index in [0.29, 0.717) is 22.3 Å². The zero-order valence-corrected chi connectivity index (χ0v) is 11.0. The minimum absolute atomic E-state index is 0.202. The zero-order chi connectivity index (χ0) is 14.8. The Balaban J connectivity index is 1.93. The minimum Gasteiger partial charge on any atom is -0.436 e. The normalized spacial score (nSPS) is 10.5. The van der Waals surface area contributed by atoms with Crippen molar-refractivity contribution >= 4 is 22.8 Å². The Kier molecular flexibility index (Phi) is 3.12. The van der Waals surface area contributed by atoms with Crippen LogP contribution in [0.4, 0.5) is 5.82 Å². The van der Waals surface area contributed by atoms with Crippen LogP contribution in [0.25, 0.3) is 11.0 Å². The fourth-order valence-corrected chi connectivity index (χ4v) is 1.87. The average Bonchev–Trinajstić information content (AvgIpc) is 2.48. The molecule has 0 saturated heterocycles. The number of nitrogens with zero attached hydrogens (tertiary/aromatic N) is 2. The molecular formula is C15H12N4O2. The van der Waals surface area contributed by atoms with Gasteiger partial charge in [0, 0.05) is 5.56 Å². The molecule has 0 unspecified atom stereocenters. The number of fused-ring (bicyclic) bond motifs is 1. The molecule has 0 fully saturated rings. The summed E-state index contributed by atoms with van der Waals surface area (Å²) in [7, 11) is 0. The standard InChI is InChI=1S/C15H12N4O2/c16-13-15(19-12-4-2-1-3-11(12)18-13)21-10-7-5-9(6-8-10)14(17)20/h1-8H,(H2,16,18)(H2,17,20). The molecule has 0 atom stereocenters. The van der Waals surface area contributed by atoms with Gasteiger partial charge < -0.3 is 16.2 Å². The monoisotopic (exact) mass is 280 g/mol. The highest BCUT2D eigenvalue weighted by molar-refractivity contribution is 5.92. The van der Waals surface area contributed by atoms with E-state index < -0.39 is 5.91 Å². The van der Waals surface area contributed by atoms with Crippen molar-refractivity contribution in [3.8, 4) is 11.6 Å². The Morgan fingerprint density at radius 1 is 0.952 bits per heavy atom. The molecule has 6 nitrogen and oxygen atoms in total. The summed E-state index contributed by atoms with van der Waals surface area (Å²) in [5, 5.41) is 0. The van der Waals surface area contributed by atoms with Gasteiger partial charge in [-0.1, -0.05) is 12.1 Å². The molecule has 0 aliphatic carbocycles. The third-order valence-corrected chi connectivity index (χ3v) is 2.92. The van der Waals surface area contributed by atoms with Gasteiger partial charge >= 0.3 is 0 Å². The molecule has 4 N–H and O–H groups in total. The van der Waals surface area contributed by atoms with E-state index in [1.165, 1.54) is 0 Å². The molecule has 1 aromatic heterocycles. The average molecular weight is 280 g/mol. The van der Waals surface area contributed by atoms with E-state index in [0.717, 1.165) is 0 Å². The molecule has 0 bridgehead atoms. The van der Waals surface area contributed by atoms with Crippen molar-refractivity contribution in [2.75, 3.05) is 5.73 Å². The highest BCUT2D eigenvalue weighted by atomic mass is 16.5. The van der Waals surface area contributed by atoms with Gasteiger partial charge in [-0.2, -0.15) is 0 Å². The first-order valence-corrected chi connectivity index (χ1v) is 6.23. The van der Waals surface area contributed by atoms with Gasteiger partial charge in [0.05, 0.1) is 11.0 Å². The van der Waals surface area contributed by atoms with Crippen molar-refractivity contribution < 1.29 is 9.53 Å². The number of nitrogen functional groups attached to an aromatic ring is 1. The van der Waals surface area contributed by atoms with E-state index >= 15 is 0 Å². The predicted octanol–water partition coefficient (Wildman–Crippen LogP) is 2.10. The van der Waals surface area contributed by atoms with Gasteiger partial charge in [0.1, 0.15) is 5.75 Å². The summed E-state index contributed by atoms with van der Waals surface area (Å²) >= 11 is 0. The van der Waals surface area contributed by atoms with Crippen molar-refractivity contribution in [2.24, 2.45) is 5.73 Å². The van der Waals surface area contributed by atoms with Crippen LogP contribution >= 0.6 is 0 Å². The van der Waals surface area contributed by atoms with E-state index in [2.05, 4.69) is 9.97 Å². The second-order valence-corrected chi connectivity index (χ2v) is 4.39. The van der Waals surface area contributed by atoms with Gasteiger partial charge in [0.25, 0.3) is 5.88 Å². The Morgan fingerprint density at radius 2 is 1.57 bits per heavy atom. The molecular weight excluding hydrogens is 268 g/mol. The maximum atomic E-state index is 11.0. The van der Waals surface area contributed by atoms with E-state index in [1.54, 1.807) is 24.3 Å². The first kappa shape index (κ1) is 12.9. The number of primary amides is 1. The van der Waals surface area contributed by atoms with Crippen LogP contribution in [0.5, 0.6) is 11.6 Å². The summed E-state index contributed by atoms with van der Waals surface area (Å²) in [5.41, 5.74) is 12.8. The molecule has 1 amide bonds. The Morgan fingerprint density at radius 3 is 2.19 bits per heavy atom. The number of nitrogens with two attached hydrogens (primary N) is 2. The number of ether oxygens (including phenoxy) is 1. The number of carbonyl (C=O) groups excluding carboxylic acids is 1. The van der Waals surface area contributed by atoms with E-state index in [-0.39, 0.29) is 11.7 Å². The molecule has 104 valence electrons. The fraction of sp³-hybridized carbons (Fsp3) is 0. The molecule has 1 heterocycles. The van der Waals surface area contributed by atoms with Crippen LogP contribution in [-0.2, 0) is 0 Å². The summed E-state index contributed by atoms with van der Waals surface area (Å²) in [6.45, 7) is 0. The topological polar surface area (TPSA) is 104 Å². The predicted molar refractivity (Wildman–Crippen MR) is 79.0 cm³/mol. The van der Waals surface area contributed by atoms with Crippen LogP contribution in [0.15, 0.2) is 48.5 Å². The largest absolute Gasteiger partial charge is 0.436 e. The van der Waals surface area contributed by atoms with E-state index in [1.807, 2.05) is 24.3 Å². The first-order valence-electron chi connectivity index (χ1n) is 6.23. The van der Waals surface area contributed by atoms with Gasteiger partial charge in [-0.05, 0) is 36.4 Å². The lowest BCUT2D eigenvalue weighted by atomic mass is 10.2. The number of anilines is 1. The molecule has 21 heavy (non-hydrogen) atoms. The van der Waals surface area contributed by atoms with E-state index in [9.17, 15) is 4.79 Å². The van der Waals surface area contributed by atoms with Crippen LogP contribution in [0.3, 0.4) is 0 Å². The van der Waals surface area contributed by atoms with Crippen molar-refractivity contribution in [3.05, 3.63) is 54.1 Å². The first-order chi connectivity index (χ1) is 10.1. The smallest absolute Gasteiger partial charge is 0.263 e. The number of hydrogen-bond acceptors (Lipinski definition) is 5. The quantitative estimate of drug-likeness (QED) is 0.764. The van der Waals surface area contributed by atoms with Crippen LogP contribution in [0, 0.1) is 0 Å². The molecule has 0 aliphatic heterocycles. The maximum Gasteiger partial charge on any atom is 0.263 e. The third-order valence-electron chi connectivity index (χ3n) is 2.92. The second-order valence-electron chi connectivity index (χ2n) is 4.39. The Bertz CT molecular complexity index is 816. The molecule has 6 heteroatoms. The number of carbonyl (C=O) groups is 1. The number of benzene rings is 2. The summed E-state index contributed by atoms with van der Waals surface area (Å²) in [6.07, 6.45) is 0. The summed E-state index contributed by atoms with van der Waals surface area (Å²) < 4.78 is 5.60. The van der Waals surface area contributed by atoms with Crippen LogP contribution in [-0.4, -0.2) is 15.9 Å². The molecule has 0 radical (unpaired) electrons. The number of rotatable bonds is 3. The van der Waals surface area contributed by atoms with Crippen molar-refractivity contribution in [2.45, 2.75) is 0 Å².